The first-order valence-corrected chi connectivity index (χ1v) is 24.4. The lowest BCUT2D eigenvalue weighted by molar-refractivity contribution is 0.219. The van der Waals surface area contributed by atoms with Crippen LogP contribution < -0.4 is 4.84 Å². The van der Waals surface area contributed by atoms with E-state index in [1.807, 2.05) is 18.2 Å². The molecule has 0 amide bonds. The molecule has 3 atom stereocenters. The fourth-order valence-electron chi connectivity index (χ4n) is 9.19. The Kier molecular flexibility index (Phi) is 24.5. The van der Waals surface area contributed by atoms with Crippen molar-refractivity contribution < 1.29 is 24.1 Å². The molecule has 352 valence electrons. The molecule has 13 nitrogen and oxygen atoms in total. The van der Waals surface area contributed by atoms with Crippen LogP contribution in [0.5, 0.6) is 0 Å². The summed E-state index contributed by atoms with van der Waals surface area (Å²) in [4.78, 5) is 23.5. The molecule has 4 heterocycles. The minimum absolute atomic E-state index is 0.0317. The molecule has 14 heteroatoms. The fraction of sp³-hybridized carbons (Fsp3) is 0.714. The second kappa shape index (κ2) is 29.7. The van der Waals surface area contributed by atoms with E-state index in [-0.39, 0.29) is 36.5 Å². The van der Waals surface area contributed by atoms with Crippen molar-refractivity contribution >= 4 is 35.4 Å². The van der Waals surface area contributed by atoms with E-state index in [1.165, 1.54) is 130 Å². The van der Waals surface area contributed by atoms with E-state index >= 15 is 0 Å². The van der Waals surface area contributed by atoms with Gasteiger partial charge in [-0.1, -0.05) is 129 Å². The molecular formula is C49H79ClN8O5. The number of aromatic nitrogens is 2. The highest BCUT2D eigenvalue weighted by Crippen LogP contribution is 2.31. The Bertz CT molecular complexity index is 1570. The molecule has 0 spiro atoms. The van der Waals surface area contributed by atoms with Crippen LogP contribution in [0.4, 0.5) is 0 Å². The van der Waals surface area contributed by atoms with E-state index in [1.54, 1.807) is 18.2 Å². The molecule has 3 aliphatic carbocycles. The second-order valence-corrected chi connectivity index (χ2v) is 17.7. The quantitative estimate of drug-likeness (QED) is 0.0772. The zero-order valence-electron chi connectivity index (χ0n) is 39.1. The van der Waals surface area contributed by atoms with Gasteiger partial charge < -0.3 is 29.0 Å². The molecule has 63 heavy (non-hydrogen) atoms. The summed E-state index contributed by atoms with van der Waals surface area (Å²) in [6.07, 6.45) is 23.8. The number of rotatable bonds is 15. The Hall–Kier alpha value is -3.65. The number of methoxy groups -OCH3 is 2. The molecule has 3 saturated carbocycles. The van der Waals surface area contributed by atoms with Crippen molar-refractivity contribution in [1.82, 2.24) is 19.7 Å². The Morgan fingerprint density at radius 2 is 1.10 bits per heavy atom. The number of halogens is 1. The number of hydrogen-bond donors (Lipinski definition) is 4. The van der Waals surface area contributed by atoms with Gasteiger partial charge >= 0.3 is 0 Å². The van der Waals surface area contributed by atoms with Gasteiger partial charge in [0.2, 0.25) is 23.6 Å². The van der Waals surface area contributed by atoms with E-state index < -0.39 is 0 Å². The molecule has 7 rings (SSSR count). The summed E-state index contributed by atoms with van der Waals surface area (Å²) in [5.74, 6) is 3.73. The minimum atomic E-state index is -0.0317. The van der Waals surface area contributed by atoms with Gasteiger partial charge in [0.25, 0.3) is 0 Å². The van der Waals surface area contributed by atoms with Crippen LogP contribution in [0.15, 0.2) is 46.4 Å². The zero-order chi connectivity index (χ0) is 45.2. The topological polar surface area (TPSA) is 171 Å². The number of aliphatic imine (C=N–C) groups is 2. The number of nitrogens with zero attached hydrogens (tertiary/aromatic N) is 5. The molecule has 0 aromatic carbocycles. The summed E-state index contributed by atoms with van der Waals surface area (Å²) in [7, 11) is 2.80. The van der Waals surface area contributed by atoms with Crippen molar-refractivity contribution in [2.24, 2.45) is 27.7 Å². The van der Waals surface area contributed by atoms with Gasteiger partial charge in [-0.2, -0.15) is 0 Å². The second-order valence-electron chi connectivity index (χ2n) is 17.5. The van der Waals surface area contributed by atoms with Crippen LogP contribution >= 0.6 is 11.8 Å². The average Bonchev–Trinajstić information content (AvgIpc) is 4.03. The summed E-state index contributed by atoms with van der Waals surface area (Å²) < 4.78 is 21.3. The Morgan fingerprint density at radius 1 is 0.683 bits per heavy atom. The Balaban J connectivity index is 0.000000219. The maximum atomic E-state index is 8.91. The van der Waals surface area contributed by atoms with Crippen LogP contribution in [0.3, 0.4) is 0 Å². The van der Waals surface area contributed by atoms with Gasteiger partial charge in [-0.15, -0.1) is 0 Å². The van der Waals surface area contributed by atoms with Crippen LogP contribution in [0.1, 0.15) is 159 Å². The van der Waals surface area contributed by atoms with Gasteiger partial charge in [0.1, 0.15) is 36.0 Å². The van der Waals surface area contributed by atoms with Crippen LogP contribution in [0, 0.1) is 28.6 Å². The normalized spacial score (nSPS) is 20.8. The maximum absolute atomic E-state index is 8.91. The van der Waals surface area contributed by atoms with Crippen LogP contribution in [0.2, 0.25) is 0 Å². The Morgan fingerprint density at radius 3 is 1.46 bits per heavy atom. The first-order chi connectivity index (χ1) is 30.7. The number of aliphatic hydroxyl groups excluding tert-OH is 1. The average molecular weight is 896 g/mol. The highest BCUT2D eigenvalue weighted by atomic mass is 35.5. The van der Waals surface area contributed by atoms with Gasteiger partial charge in [0, 0.05) is 6.04 Å². The van der Waals surface area contributed by atoms with E-state index in [9.17, 15) is 0 Å². The lowest BCUT2D eigenvalue weighted by atomic mass is 9.85. The standard InChI is InChI=1S/C25H35N3O2.C9H18ClNO.C9H11N3O2.C6H15N/c1-3-8-18(9-4-1)14-20-16-29-24(26-20)22-12-7-13-23(28-22)25-27-21(17-30-25)15-19-10-5-2-6-11-19;10-11-9(7-12)6-8-4-2-1-3-5-8;1-13-8(10)6-4-3-5-7(12-6)9(11)14-2;1-4-7(5-2)6-3/h7,12-13,18-21H,1-6,8-11,14-17H2;8-9,11-12H,1-7H2;3-5,10-11H,1-2H3;4-6H2,1-3H3/t20-,21-;9-;;/m00../s1. The molecule has 0 saturated heterocycles. The van der Waals surface area contributed by atoms with Gasteiger partial charge in [-0.3, -0.25) is 10.8 Å². The molecule has 4 N–H and O–H groups in total. The van der Waals surface area contributed by atoms with Crippen molar-refractivity contribution in [2.45, 2.75) is 154 Å². The van der Waals surface area contributed by atoms with Crippen molar-refractivity contribution in [3.8, 4) is 0 Å². The molecule has 2 aromatic heterocycles. The van der Waals surface area contributed by atoms with Crippen LogP contribution in [0.25, 0.3) is 0 Å². The summed E-state index contributed by atoms with van der Waals surface area (Å²) in [6.45, 7) is 11.7. The number of hydrogen-bond acceptors (Lipinski definition) is 13. The molecule has 0 unspecified atom stereocenters. The van der Waals surface area contributed by atoms with E-state index in [2.05, 4.69) is 35.5 Å². The SMILES string of the molecule is CCN(CC)CC.COC(=N)c1cccc(C(=N)OC)n1.OC[C@H](CC1CCCCC1)NCl.c1cc(C2=N[C@@H](CC3CCCCC3)CO2)nc(C2=N[C@@H](CC3CCCCC3)CO2)c1. The first kappa shape index (κ1) is 52.0. The first-order valence-electron chi connectivity index (χ1n) is 24.0. The summed E-state index contributed by atoms with van der Waals surface area (Å²) in [6, 6.07) is 11.6. The van der Waals surface area contributed by atoms with Crippen molar-refractivity contribution in [3.63, 3.8) is 0 Å². The van der Waals surface area contributed by atoms with Crippen LogP contribution in [-0.2, 0) is 18.9 Å². The third-order valence-corrected chi connectivity index (χ3v) is 13.3. The van der Waals surface area contributed by atoms with E-state index in [4.69, 9.17) is 61.6 Å². The van der Waals surface area contributed by atoms with Gasteiger partial charge in [-0.05, 0) is 92.7 Å². The summed E-state index contributed by atoms with van der Waals surface area (Å²) >= 11 is 5.48. The largest absolute Gasteiger partial charge is 0.480 e. The fourth-order valence-corrected chi connectivity index (χ4v) is 9.35. The van der Waals surface area contributed by atoms with E-state index in [0.29, 0.717) is 36.4 Å². The molecule has 2 aromatic rings. The molecule has 2 aliphatic heterocycles. The highest BCUT2D eigenvalue weighted by molar-refractivity contribution is 6.13. The van der Waals surface area contributed by atoms with Crippen molar-refractivity contribution in [3.05, 3.63) is 59.2 Å². The molecular weight excluding hydrogens is 816 g/mol. The number of aliphatic hydroxyl groups is 1. The lowest BCUT2D eigenvalue weighted by Crippen LogP contribution is -2.28. The van der Waals surface area contributed by atoms with Crippen LogP contribution in [-0.4, -0.2) is 115 Å². The van der Waals surface area contributed by atoms with Crippen molar-refractivity contribution in [2.75, 3.05) is 53.7 Å². The lowest BCUT2D eigenvalue weighted by Gasteiger charge is -2.24. The third-order valence-electron chi connectivity index (χ3n) is 13.0. The molecule has 0 radical (unpaired) electrons. The summed E-state index contributed by atoms with van der Waals surface area (Å²) in [5, 5.41) is 23.7. The molecule has 5 aliphatic rings. The summed E-state index contributed by atoms with van der Waals surface area (Å²) in [5.41, 5.74) is 2.37. The van der Waals surface area contributed by atoms with Gasteiger partial charge in [0.05, 0.1) is 32.9 Å². The highest BCUT2D eigenvalue weighted by Gasteiger charge is 2.28. The van der Waals surface area contributed by atoms with Crippen molar-refractivity contribution in [1.29, 1.82) is 10.8 Å². The predicted octanol–water partition coefficient (Wildman–Crippen LogP) is 9.75. The zero-order valence-corrected chi connectivity index (χ0v) is 39.8. The third kappa shape index (κ3) is 18.4. The maximum Gasteiger partial charge on any atom is 0.235 e. The minimum Gasteiger partial charge on any atom is -0.480 e. The molecule has 0 bridgehead atoms. The monoisotopic (exact) mass is 895 g/mol. The molecule has 3 fully saturated rings. The predicted molar refractivity (Wildman–Crippen MR) is 256 cm³/mol. The van der Waals surface area contributed by atoms with E-state index in [0.717, 1.165) is 48.4 Å². The number of ether oxygens (including phenoxy) is 4. The number of pyridine rings is 2. The van der Waals surface area contributed by atoms with Gasteiger partial charge in [0.15, 0.2) is 0 Å². The van der Waals surface area contributed by atoms with Gasteiger partial charge in [-0.25, -0.2) is 24.8 Å². The smallest absolute Gasteiger partial charge is 0.235 e. The number of nitrogens with one attached hydrogen (secondary N) is 3. The Labute approximate surface area is 383 Å².